The maximum absolute atomic E-state index is 11.8. The van der Waals surface area contributed by atoms with Crippen molar-refractivity contribution in [2.24, 2.45) is 17.6 Å². The van der Waals surface area contributed by atoms with Crippen molar-refractivity contribution in [2.45, 2.75) is 19.8 Å². The highest BCUT2D eigenvalue weighted by molar-refractivity contribution is 5.79. The highest BCUT2D eigenvalue weighted by Crippen LogP contribution is 2.19. The van der Waals surface area contributed by atoms with E-state index in [1.807, 2.05) is 6.92 Å². The molecule has 1 rings (SSSR count). The van der Waals surface area contributed by atoms with Crippen molar-refractivity contribution >= 4 is 11.9 Å². The Kier molecular flexibility index (Phi) is 4.73. The van der Waals surface area contributed by atoms with Crippen LogP contribution < -0.4 is 5.73 Å². The molecule has 0 aromatic rings. The fourth-order valence-corrected chi connectivity index (χ4v) is 1.91. The topological polar surface area (TPSA) is 72.6 Å². The van der Waals surface area contributed by atoms with Gasteiger partial charge >= 0.3 is 5.97 Å². The Morgan fingerprint density at radius 2 is 2.00 bits per heavy atom. The maximum atomic E-state index is 11.8. The average Bonchev–Trinajstić information content (AvgIpc) is 2.36. The van der Waals surface area contributed by atoms with E-state index in [0.29, 0.717) is 32.5 Å². The van der Waals surface area contributed by atoms with Crippen LogP contribution in [0.3, 0.4) is 0 Å². The first kappa shape index (κ1) is 13.0. The lowest BCUT2D eigenvalue weighted by Crippen LogP contribution is -2.44. The van der Waals surface area contributed by atoms with Gasteiger partial charge in [-0.2, -0.15) is 0 Å². The Morgan fingerprint density at radius 3 is 2.44 bits per heavy atom. The van der Waals surface area contributed by atoms with Crippen LogP contribution in [-0.4, -0.2) is 43.5 Å². The molecule has 0 aromatic carbocycles. The lowest BCUT2D eigenvalue weighted by atomic mass is 9.96. The van der Waals surface area contributed by atoms with Gasteiger partial charge in [0.2, 0.25) is 5.91 Å². The molecule has 1 atom stereocenters. The summed E-state index contributed by atoms with van der Waals surface area (Å²) in [5.74, 6) is -0.262. The van der Waals surface area contributed by atoms with Gasteiger partial charge in [0.05, 0.1) is 13.0 Å². The van der Waals surface area contributed by atoms with Crippen LogP contribution in [0.15, 0.2) is 0 Å². The summed E-state index contributed by atoms with van der Waals surface area (Å²) in [6.07, 6.45) is 1.38. The summed E-state index contributed by atoms with van der Waals surface area (Å²) in [7, 11) is 1.40. The number of amides is 1. The van der Waals surface area contributed by atoms with Gasteiger partial charge in [0.25, 0.3) is 0 Å². The Balaban J connectivity index is 2.43. The van der Waals surface area contributed by atoms with E-state index in [9.17, 15) is 9.59 Å². The monoisotopic (exact) mass is 228 g/mol. The van der Waals surface area contributed by atoms with Crippen molar-refractivity contribution in [1.82, 2.24) is 4.90 Å². The first-order valence-electron chi connectivity index (χ1n) is 5.66. The predicted molar refractivity (Wildman–Crippen MR) is 59.5 cm³/mol. The predicted octanol–water partition coefficient (Wildman–Crippen LogP) is -0.00720. The van der Waals surface area contributed by atoms with Crippen LogP contribution in [0.2, 0.25) is 0 Å². The third-order valence-electron chi connectivity index (χ3n) is 3.12. The van der Waals surface area contributed by atoms with E-state index in [0.717, 1.165) is 0 Å². The van der Waals surface area contributed by atoms with E-state index in [1.165, 1.54) is 7.11 Å². The van der Waals surface area contributed by atoms with Gasteiger partial charge in [-0.05, 0) is 12.8 Å². The highest BCUT2D eigenvalue weighted by atomic mass is 16.5. The quantitative estimate of drug-likeness (QED) is 0.690. The summed E-state index contributed by atoms with van der Waals surface area (Å²) in [6, 6.07) is 0. The third-order valence-corrected chi connectivity index (χ3v) is 3.12. The minimum atomic E-state index is -0.168. The van der Waals surface area contributed by atoms with E-state index in [4.69, 9.17) is 10.5 Å². The van der Waals surface area contributed by atoms with Crippen LogP contribution in [0, 0.1) is 11.8 Å². The molecule has 1 saturated heterocycles. The summed E-state index contributed by atoms with van der Waals surface area (Å²) in [6.45, 7) is 3.45. The first-order valence-corrected chi connectivity index (χ1v) is 5.66. The minimum Gasteiger partial charge on any atom is -0.469 e. The largest absolute Gasteiger partial charge is 0.469 e. The summed E-state index contributed by atoms with van der Waals surface area (Å²) < 4.78 is 4.69. The molecule has 1 unspecified atom stereocenters. The SMILES string of the molecule is COC(=O)C1CCN(C(=O)C(C)CN)CC1. The number of nitrogens with zero attached hydrogens (tertiary/aromatic N) is 1. The number of carbonyl (C=O) groups is 2. The number of likely N-dealkylation sites (tertiary alicyclic amines) is 1. The van der Waals surface area contributed by atoms with Crippen molar-refractivity contribution in [1.29, 1.82) is 0 Å². The molecule has 2 N–H and O–H groups in total. The molecule has 1 aliphatic heterocycles. The van der Waals surface area contributed by atoms with E-state index >= 15 is 0 Å². The molecule has 1 heterocycles. The van der Waals surface area contributed by atoms with Gasteiger partial charge in [0.1, 0.15) is 0 Å². The normalized spacial score (nSPS) is 19.3. The first-order chi connectivity index (χ1) is 7.60. The zero-order valence-corrected chi connectivity index (χ0v) is 9.94. The van der Waals surface area contributed by atoms with Crippen LogP contribution >= 0.6 is 0 Å². The summed E-state index contributed by atoms with van der Waals surface area (Å²) in [5.41, 5.74) is 5.46. The van der Waals surface area contributed by atoms with Gasteiger partial charge in [-0.25, -0.2) is 0 Å². The molecule has 1 amide bonds. The van der Waals surface area contributed by atoms with Crippen LogP contribution in [0.5, 0.6) is 0 Å². The van der Waals surface area contributed by atoms with Crippen molar-refractivity contribution in [2.75, 3.05) is 26.7 Å². The number of hydrogen-bond acceptors (Lipinski definition) is 4. The molecule has 16 heavy (non-hydrogen) atoms. The van der Waals surface area contributed by atoms with Gasteiger partial charge in [-0.15, -0.1) is 0 Å². The van der Waals surface area contributed by atoms with Crippen LogP contribution in [0.1, 0.15) is 19.8 Å². The molecule has 0 spiro atoms. The Hall–Kier alpha value is -1.10. The second kappa shape index (κ2) is 5.84. The average molecular weight is 228 g/mol. The van der Waals surface area contributed by atoms with Crippen LogP contribution in [0.25, 0.3) is 0 Å². The number of rotatable bonds is 3. The number of carbonyl (C=O) groups excluding carboxylic acids is 2. The van der Waals surface area contributed by atoms with Gasteiger partial charge < -0.3 is 15.4 Å². The lowest BCUT2D eigenvalue weighted by molar-refractivity contribution is -0.149. The van der Waals surface area contributed by atoms with Crippen LogP contribution in [-0.2, 0) is 14.3 Å². The fraction of sp³-hybridized carbons (Fsp3) is 0.818. The van der Waals surface area contributed by atoms with Crippen LogP contribution in [0.4, 0.5) is 0 Å². The molecule has 0 bridgehead atoms. The van der Waals surface area contributed by atoms with E-state index in [-0.39, 0.29) is 23.7 Å². The Morgan fingerprint density at radius 1 is 1.44 bits per heavy atom. The number of methoxy groups -OCH3 is 1. The molecule has 0 aromatic heterocycles. The smallest absolute Gasteiger partial charge is 0.308 e. The maximum Gasteiger partial charge on any atom is 0.308 e. The Labute approximate surface area is 95.9 Å². The molecule has 1 aliphatic rings. The van der Waals surface area contributed by atoms with Crippen molar-refractivity contribution in [3.8, 4) is 0 Å². The molecule has 0 saturated carbocycles. The molecule has 0 radical (unpaired) electrons. The van der Waals surface area contributed by atoms with Crippen molar-refractivity contribution in [3.63, 3.8) is 0 Å². The molecule has 5 heteroatoms. The van der Waals surface area contributed by atoms with Crippen molar-refractivity contribution in [3.05, 3.63) is 0 Å². The van der Waals surface area contributed by atoms with E-state index in [1.54, 1.807) is 4.90 Å². The van der Waals surface area contributed by atoms with Gasteiger partial charge in [0, 0.05) is 25.6 Å². The third kappa shape index (κ3) is 2.95. The summed E-state index contributed by atoms with van der Waals surface area (Å²) in [4.78, 5) is 24.9. The number of piperidine rings is 1. The number of nitrogens with two attached hydrogens (primary N) is 1. The highest BCUT2D eigenvalue weighted by Gasteiger charge is 2.29. The lowest BCUT2D eigenvalue weighted by Gasteiger charge is -2.32. The molecule has 0 aliphatic carbocycles. The van der Waals surface area contributed by atoms with Gasteiger partial charge in [0.15, 0.2) is 0 Å². The Bertz CT molecular complexity index is 260. The number of hydrogen-bond donors (Lipinski definition) is 1. The molecule has 5 nitrogen and oxygen atoms in total. The summed E-state index contributed by atoms with van der Waals surface area (Å²) >= 11 is 0. The molecule has 1 fully saturated rings. The zero-order chi connectivity index (χ0) is 12.1. The summed E-state index contributed by atoms with van der Waals surface area (Å²) in [5, 5.41) is 0. The second-order valence-electron chi connectivity index (χ2n) is 4.26. The standard InChI is InChI=1S/C11H20N2O3/c1-8(7-12)10(14)13-5-3-9(4-6-13)11(15)16-2/h8-9H,3-7,12H2,1-2H3. The molecule has 92 valence electrons. The van der Waals surface area contributed by atoms with E-state index in [2.05, 4.69) is 0 Å². The van der Waals surface area contributed by atoms with Gasteiger partial charge in [-0.3, -0.25) is 9.59 Å². The zero-order valence-electron chi connectivity index (χ0n) is 9.94. The number of esters is 1. The number of ether oxygens (including phenoxy) is 1. The van der Waals surface area contributed by atoms with E-state index < -0.39 is 0 Å². The van der Waals surface area contributed by atoms with Crippen molar-refractivity contribution < 1.29 is 14.3 Å². The molecular weight excluding hydrogens is 208 g/mol. The fourth-order valence-electron chi connectivity index (χ4n) is 1.91. The second-order valence-corrected chi connectivity index (χ2v) is 4.26. The molecular formula is C11H20N2O3. The minimum absolute atomic E-state index is 0.0535. The van der Waals surface area contributed by atoms with Gasteiger partial charge in [-0.1, -0.05) is 6.92 Å².